The zero-order valence-corrected chi connectivity index (χ0v) is 14.7. The van der Waals surface area contributed by atoms with Crippen LogP contribution in [-0.4, -0.2) is 26.8 Å². The molecule has 6 nitrogen and oxygen atoms in total. The van der Waals surface area contributed by atoms with Gasteiger partial charge in [0.1, 0.15) is 5.75 Å². The Labute approximate surface area is 157 Å². The summed E-state index contributed by atoms with van der Waals surface area (Å²) in [5, 5.41) is 8.73. The van der Waals surface area contributed by atoms with E-state index in [4.69, 9.17) is 4.42 Å². The third-order valence-electron chi connectivity index (χ3n) is 3.70. The Bertz CT molecular complexity index is 1040. The third kappa shape index (κ3) is 4.43. The largest absolute Gasteiger partial charge is 0.435 e. The predicted octanol–water partition coefficient (Wildman–Crippen LogP) is 4.43. The second kappa shape index (κ2) is 7.75. The molecule has 0 saturated carbocycles. The molecular formula is C18H14F2N4O2S. The Hall–Kier alpha value is -2.94. The van der Waals surface area contributed by atoms with Gasteiger partial charge in [0.2, 0.25) is 11.8 Å². The van der Waals surface area contributed by atoms with Crippen molar-refractivity contribution in [3.05, 3.63) is 65.9 Å². The van der Waals surface area contributed by atoms with E-state index in [9.17, 15) is 8.78 Å². The number of hydrogen-bond donors (Lipinski definition) is 1. The van der Waals surface area contributed by atoms with Crippen LogP contribution >= 0.6 is 11.8 Å². The van der Waals surface area contributed by atoms with Crippen LogP contribution in [0.25, 0.3) is 11.0 Å². The molecule has 0 aliphatic carbocycles. The van der Waals surface area contributed by atoms with Crippen LogP contribution in [0.3, 0.4) is 0 Å². The van der Waals surface area contributed by atoms with E-state index in [1.807, 2.05) is 30.3 Å². The summed E-state index contributed by atoms with van der Waals surface area (Å²) in [6, 6.07) is 14.4. The van der Waals surface area contributed by atoms with Crippen molar-refractivity contribution in [1.29, 1.82) is 0 Å². The second-order valence-electron chi connectivity index (χ2n) is 5.64. The van der Waals surface area contributed by atoms with Crippen LogP contribution < -0.4 is 4.74 Å². The average Bonchev–Trinajstić information content (AvgIpc) is 3.26. The number of aromatic nitrogens is 4. The highest BCUT2D eigenvalue weighted by molar-refractivity contribution is 7.98. The number of imidazole rings is 1. The standard InChI is InChI=1S/C18H14F2N4O2S/c19-17(20)25-12-6-7-13-14(9-12)22-18(21-13)27-10-16-24-23-15(26-16)8-11-4-2-1-3-5-11/h1-7,9,17H,8,10H2,(H,21,22). The molecule has 0 atom stereocenters. The molecule has 0 aliphatic heterocycles. The SMILES string of the molecule is FC(F)Oc1ccc2nc(SCc3nnc(Cc4ccccc4)o3)[nH]c2c1. The molecule has 0 saturated heterocycles. The van der Waals surface area contributed by atoms with Gasteiger partial charge in [0.25, 0.3) is 0 Å². The Morgan fingerprint density at radius 2 is 1.89 bits per heavy atom. The van der Waals surface area contributed by atoms with Gasteiger partial charge in [-0.25, -0.2) is 4.98 Å². The first-order chi connectivity index (χ1) is 13.2. The summed E-state index contributed by atoms with van der Waals surface area (Å²) >= 11 is 1.39. The van der Waals surface area contributed by atoms with Crippen molar-refractivity contribution in [2.24, 2.45) is 0 Å². The highest BCUT2D eigenvalue weighted by atomic mass is 32.2. The molecule has 27 heavy (non-hydrogen) atoms. The minimum Gasteiger partial charge on any atom is -0.435 e. The first-order valence-corrected chi connectivity index (χ1v) is 9.07. The van der Waals surface area contributed by atoms with Crippen molar-refractivity contribution in [3.8, 4) is 5.75 Å². The lowest BCUT2D eigenvalue weighted by Gasteiger charge is -2.02. The Morgan fingerprint density at radius 1 is 1.07 bits per heavy atom. The van der Waals surface area contributed by atoms with Crippen molar-refractivity contribution >= 4 is 22.8 Å². The quantitative estimate of drug-likeness (QED) is 0.472. The van der Waals surface area contributed by atoms with Gasteiger partial charge in [0.15, 0.2) is 5.16 Å². The number of rotatable bonds is 7. The summed E-state index contributed by atoms with van der Waals surface area (Å²) in [4.78, 5) is 7.46. The molecule has 1 N–H and O–H groups in total. The maximum atomic E-state index is 12.3. The van der Waals surface area contributed by atoms with Gasteiger partial charge in [0.05, 0.1) is 23.2 Å². The number of alkyl halides is 2. The summed E-state index contributed by atoms with van der Waals surface area (Å²) in [7, 11) is 0. The van der Waals surface area contributed by atoms with Crippen molar-refractivity contribution in [3.63, 3.8) is 0 Å². The maximum Gasteiger partial charge on any atom is 0.387 e. The van der Waals surface area contributed by atoms with E-state index < -0.39 is 6.61 Å². The molecule has 2 aromatic carbocycles. The summed E-state index contributed by atoms with van der Waals surface area (Å²) < 4.78 is 34.6. The van der Waals surface area contributed by atoms with Crippen LogP contribution in [-0.2, 0) is 12.2 Å². The van der Waals surface area contributed by atoms with E-state index in [0.717, 1.165) is 5.56 Å². The molecule has 2 heterocycles. The monoisotopic (exact) mass is 388 g/mol. The molecule has 9 heteroatoms. The fourth-order valence-corrected chi connectivity index (χ4v) is 3.25. The van der Waals surface area contributed by atoms with Gasteiger partial charge >= 0.3 is 6.61 Å². The highest BCUT2D eigenvalue weighted by Gasteiger charge is 2.11. The van der Waals surface area contributed by atoms with Crippen LogP contribution in [0.2, 0.25) is 0 Å². The molecule has 0 radical (unpaired) electrons. The van der Waals surface area contributed by atoms with Crippen molar-refractivity contribution in [2.75, 3.05) is 0 Å². The molecule has 4 aromatic rings. The minimum atomic E-state index is -2.86. The second-order valence-corrected chi connectivity index (χ2v) is 6.60. The van der Waals surface area contributed by atoms with Crippen LogP contribution in [0.1, 0.15) is 17.3 Å². The number of aromatic amines is 1. The summed E-state index contributed by atoms with van der Waals surface area (Å²) in [5.41, 5.74) is 2.37. The summed E-state index contributed by atoms with van der Waals surface area (Å²) in [6.45, 7) is -2.86. The van der Waals surface area contributed by atoms with Crippen molar-refractivity contribution in [1.82, 2.24) is 20.2 Å². The number of nitrogens with one attached hydrogen (secondary N) is 1. The molecule has 0 aliphatic rings. The summed E-state index contributed by atoms with van der Waals surface area (Å²) in [6.07, 6.45) is 0.579. The first-order valence-electron chi connectivity index (χ1n) is 8.08. The molecule has 4 rings (SSSR count). The number of H-pyrrole nitrogens is 1. The molecule has 0 spiro atoms. The van der Waals surface area contributed by atoms with Crippen LogP contribution in [0.5, 0.6) is 5.75 Å². The van der Waals surface area contributed by atoms with E-state index in [-0.39, 0.29) is 5.75 Å². The highest BCUT2D eigenvalue weighted by Crippen LogP contribution is 2.26. The lowest BCUT2D eigenvalue weighted by atomic mass is 10.2. The molecule has 0 fully saturated rings. The normalized spacial score (nSPS) is 11.4. The predicted molar refractivity (Wildman–Crippen MR) is 95.8 cm³/mol. The number of nitrogens with zero attached hydrogens (tertiary/aromatic N) is 3. The van der Waals surface area contributed by atoms with E-state index in [1.54, 1.807) is 6.07 Å². The molecule has 138 valence electrons. The Balaban J connectivity index is 1.40. The lowest BCUT2D eigenvalue weighted by Crippen LogP contribution is -2.01. The van der Waals surface area contributed by atoms with E-state index >= 15 is 0 Å². The average molecular weight is 388 g/mol. The van der Waals surface area contributed by atoms with Gasteiger partial charge in [0, 0.05) is 6.07 Å². The van der Waals surface area contributed by atoms with Crippen molar-refractivity contribution < 1.29 is 17.9 Å². The molecule has 0 bridgehead atoms. The van der Waals surface area contributed by atoms with Gasteiger partial charge in [-0.1, -0.05) is 42.1 Å². The maximum absolute atomic E-state index is 12.3. The number of hydrogen-bond acceptors (Lipinski definition) is 6. The van der Waals surface area contributed by atoms with E-state index in [2.05, 4.69) is 24.9 Å². The van der Waals surface area contributed by atoms with Gasteiger partial charge in [-0.3, -0.25) is 0 Å². The smallest absolute Gasteiger partial charge is 0.387 e. The molecule has 0 unspecified atom stereocenters. The van der Waals surface area contributed by atoms with Crippen LogP contribution in [0.4, 0.5) is 8.78 Å². The summed E-state index contributed by atoms with van der Waals surface area (Å²) in [5.74, 6) is 1.57. The van der Waals surface area contributed by atoms with E-state index in [1.165, 1.54) is 23.9 Å². The number of fused-ring (bicyclic) bond motifs is 1. The van der Waals surface area contributed by atoms with Gasteiger partial charge in [-0.05, 0) is 17.7 Å². The topological polar surface area (TPSA) is 76.8 Å². The molecule has 2 aromatic heterocycles. The molecule has 0 amide bonds. The fourth-order valence-electron chi connectivity index (χ4n) is 2.53. The zero-order valence-electron chi connectivity index (χ0n) is 13.9. The van der Waals surface area contributed by atoms with Gasteiger partial charge in [-0.15, -0.1) is 10.2 Å². The van der Waals surface area contributed by atoms with Crippen LogP contribution in [0.15, 0.2) is 58.1 Å². The lowest BCUT2D eigenvalue weighted by molar-refractivity contribution is -0.0497. The number of thioether (sulfide) groups is 1. The van der Waals surface area contributed by atoms with Gasteiger partial charge in [-0.2, -0.15) is 8.78 Å². The molecular weight excluding hydrogens is 374 g/mol. The first kappa shape index (κ1) is 17.5. The number of benzene rings is 2. The Morgan fingerprint density at radius 3 is 2.70 bits per heavy atom. The minimum absolute atomic E-state index is 0.0835. The van der Waals surface area contributed by atoms with E-state index in [0.29, 0.717) is 40.1 Å². The number of halogens is 2. The fraction of sp³-hybridized carbons (Fsp3) is 0.167. The van der Waals surface area contributed by atoms with Crippen LogP contribution in [0, 0.1) is 0 Å². The van der Waals surface area contributed by atoms with Crippen molar-refractivity contribution in [2.45, 2.75) is 23.9 Å². The zero-order chi connectivity index (χ0) is 18.6. The Kier molecular flexibility index (Phi) is 5.01. The van der Waals surface area contributed by atoms with Gasteiger partial charge < -0.3 is 14.1 Å². The third-order valence-corrected chi connectivity index (χ3v) is 4.55. The number of ether oxygens (including phenoxy) is 1.